The Morgan fingerprint density at radius 2 is 2.00 bits per heavy atom. The van der Waals surface area contributed by atoms with Gasteiger partial charge in [-0.15, -0.1) is 0 Å². The van der Waals surface area contributed by atoms with Crippen LogP contribution in [0.4, 0.5) is 0 Å². The molecular formula is C14H17BrN2O3. The third-order valence-corrected chi connectivity index (χ3v) is 4.22. The Morgan fingerprint density at radius 1 is 1.35 bits per heavy atom. The molecule has 1 saturated carbocycles. The predicted molar refractivity (Wildman–Crippen MR) is 78.3 cm³/mol. The second-order valence-electron chi connectivity index (χ2n) is 5.00. The van der Waals surface area contributed by atoms with Gasteiger partial charge in [0.05, 0.1) is 11.0 Å². The van der Waals surface area contributed by atoms with E-state index in [9.17, 15) is 14.7 Å². The SMILES string of the molecule is NC(=O)CN(C(=O)c1ccc(Br)c(O)c1)C1CCCC1. The van der Waals surface area contributed by atoms with Gasteiger partial charge in [0.25, 0.3) is 5.91 Å². The van der Waals surface area contributed by atoms with Crippen molar-refractivity contribution < 1.29 is 14.7 Å². The Labute approximate surface area is 125 Å². The van der Waals surface area contributed by atoms with Crippen LogP contribution in [-0.2, 0) is 4.79 Å². The number of carbonyl (C=O) groups is 2. The van der Waals surface area contributed by atoms with E-state index in [0.717, 1.165) is 25.7 Å². The third-order valence-electron chi connectivity index (χ3n) is 3.55. The molecule has 0 radical (unpaired) electrons. The van der Waals surface area contributed by atoms with Gasteiger partial charge in [0.2, 0.25) is 5.91 Å². The number of aromatic hydroxyl groups is 1. The number of phenols is 1. The average Bonchev–Trinajstić information content (AvgIpc) is 2.92. The van der Waals surface area contributed by atoms with Crippen LogP contribution >= 0.6 is 15.9 Å². The predicted octanol–water partition coefficient (Wildman–Crippen LogP) is 2.02. The van der Waals surface area contributed by atoms with Crippen LogP contribution in [0.15, 0.2) is 22.7 Å². The molecule has 0 atom stereocenters. The number of primary amides is 1. The van der Waals surface area contributed by atoms with Gasteiger partial charge in [0.15, 0.2) is 0 Å². The minimum atomic E-state index is -0.522. The summed E-state index contributed by atoms with van der Waals surface area (Å²) in [6.07, 6.45) is 3.89. The minimum absolute atomic E-state index is 0.00120. The molecule has 5 nitrogen and oxygen atoms in total. The Kier molecular flexibility index (Phi) is 4.65. The molecule has 6 heteroatoms. The first kappa shape index (κ1) is 14.8. The normalized spacial score (nSPS) is 15.2. The summed E-state index contributed by atoms with van der Waals surface area (Å²) in [4.78, 5) is 25.2. The molecule has 0 aliphatic heterocycles. The van der Waals surface area contributed by atoms with Crippen LogP contribution in [0.25, 0.3) is 0 Å². The minimum Gasteiger partial charge on any atom is -0.507 e. The summed E-state index contributed by atoms with van der Waals surface area (Å²) in [6.45, 7) is -0.0830. The van der Waals surface area contributed by atoms with E-state index >= 15 is 0 Å². The lowest BCUT2D eigenvalue weighted by atomic mass is 10.1. The van der Waals surface area contributed by atoms with E-state index in [1.807, 2.05) is 0 Å². The Morgan fingerprint density at radius 3 is 2.55 bits per heavy atom. The van der Waals surface area contributed by atoms with Crippen LogP contribution in [-0.4, -0.2) is 34.4 Å². The summed E-state index contributed by atoms with van der Waals surface area (Å²) in [5.74, 6) is -0.786. The van der Waals surface area contributed by atoms with E-state index in [4.69, 9.17) is 5.73 Å². The quantitative estimate of drug-likeness (QED) is 0.879. The number of carbonyl (C=O) groups excluding carboxylic acids is 2. The van der Waals surface area contributed by atoms with Gasteiger partial charge in [-0.1, -0.05) is 12.8 Å². The first-order valence-corrected chi connectivity index (χ1v) is 7.36. The number of benzene rings is 1. The zero-order valence-electron chi connectivity index (χ0n) is 11.0. The molecule has 2 amide bonds. The highest BCUT2D eigenvalue weighted by Crippen LogP contribution is 2.28. The molecule has 0 unspecified atom stereocenters. The van der Waals surface area contributed by atoms with Gasteiger partial charge in [-0.3, -0.25) is 9.59 Å². The first-order valence-electron chi connectivity index (χ1n) is 6.57. The Bertz CT molecular complexity index is 527. The highest BCUT2D eigenvalue weighted by molar-refractivity contribution is 9.10. The van der Waals surface area contributed by atoms with Gasteiger partial charge in [0.1, 0.15) is 5.75 Å². The summed E-state index contributed by atoms with van der Waals surface area (Å²) in [5, 5.41) is 9.67. The van der Waals surface area contributed by atoms with Crippen molar-refractivity contribution in [1.82, 2.24) is 4.90 Å². The van der Waals surface area contributed by atoms with Crippen molar-refractivity contribution in [3.8, 4) is 5.75 Å². The second-order valence-corrected chi connectivity index (χ2v) is 5.86. The largest absolute Gasteiger partial charge is 0.507 e. The molecule has 1 fully saturated rings. The van der Waals surface area contributed by atoms with Crippen LogP contribution in [0.2, 0.25) is 0 Å². The maximum atomic E-state index is 12.5. The molecule has 1 aromatic rings. The number of hydrogen-bond acceptors (Lipinski definition) is 3. The standard InChI is InChI=1S/C14H17BrN2O3/c15-11-6-5-9(7-12(11)18)14(20)17(8-13(16)19)10-3-1-2-4-10/h5-7,10,18H,1-4,8H2,(H2,16,19). The molecule has 108 valence electrons. The summed E-state index contributed by atoms with van der Waals surface area (Å²) in [5.41, 5.74) is 5.60. The Balaban J connectivity index is 2.24. The fourth-order valence-corrected chi connectivity index (χ4v) is 2.81. The number of phenolic OH excluding ortho intramolecular Hbond substituents is 1. The molecule has 0 heterocycles. The van der Waals surface area contributed by atoms with E-state index in [-0.39, 0.29) is 24.2 Å². The number of rotatable bonds is 4. The van der Waals surface area contributed by atoms with Crippen molar-refractivity contribution in [3.05, 3.63) is 28.2 Å². The van der Waals surface area contributed by atoms with Gasteiger partial charge in [-0.2, -0.15) is 0 Å². The van der Waals surface area contributed by atoms with Crippen molar-refractivity contribution in [1.29, 1.82) is 0 Å². The van der Waals surface area contributed by atoms with Crippen molar-refractivity contribution >= 4 is 27.7 Å². The molecule has 1 aromatic carbocycles. The summed E-state index contributed by atoms with van der Waals surface area (Å²) in [7, 11) is 0. The average molecular weight is 341 g/mol. The smallest absolute Gasteiger partial charge is 0.254 e. The maximum absolute atomic E-state index is 12.5. The van der Waals surface area contributed by atoms with Crippen LogP contribution in [0.3, 0.4) is 0 Å². The molecule has 1 aliphatic carbocycles. The van der Waals surface area contributed by atoms with Gasteiger partial charge >= 0.3 is 0 Å². The maximum Gasteiger partial charge on any atom is 0.254 e. The molecule has 0 bridgehead atoms. The van der Waals surface area contributed by atoms with Crippen molar-refractivity contribution in [2.24, 2.45) is 5.73 Å². The van der Waals surface area contributed by atoms with E-state index in [2.05, 4.69) is 15.9 Å². The third kappa shape index (κ3) is 3.30. The highest BCUT2D eigenvalue weighted by Gasteiger charge is 2.28. The van der Waals surface area contributed by atoms with Crippen LogP contribution in [0, 0.1) is 0 Å². The summed E-state index contributed by atoms with van der Waals surface area (Å²) >= 11 is 3.17. The molecule has 20 heavy (non-hydrogen) atoms. The number of nitrogens with zero attached hydrogens (tertiary/aromatic N) is 1. The topological polar surface area (TPSA) is 83.6 Å². The van der Waals surface area contributed by atoms with Crippen molar-refractivity contribution in [2.75, 3.05) is 6.54 Å². The lowest BCUT2D eigenvalue weighted by molar-refractivity contribution is -0.119. The molecule has 0 spiro atoms. The molecule has 0 saturated heterocycles. The summed E-state index contributed by atoms with van der Waals surface area (Å²) < 4.78 is 0.524. The number of hydrogen-bond donors (Lipinski definition) is 2. The zero-order chi connectivity index (χ0) is 14.7. The van der Waals surface area contributed by atoms with Crippen molar-refractivity contribution in [2.45, 2.75) is 31.7 Å². The number of amides is 2. The molecule has 3 N–H and O–H groups in total. The van der Waals surface area contributed by atoms with Gasteiger partial charge < -0.3 is 15.7 Å². The van der Waals surface area contributed by atoms with Crippen LogP contribution < -0.4 is 5.73 Å². The van der Waals surface area contributed by atoms with E-state index in [1.165, 1.54) is 11.0 Å². The lowest BCUT2D eigenvalue weighted by Crippen LogP contribution is -2.44. The van der Waals surface area contributed by atoms with Gasteiger partial charge in [-0.25, -0.2) is 0 Å². The highest BCUT2D eigenvalue weighted by atomic mass is 79.9. The van der Waals surface area contributed by atoms with Crippen molar-refractivity contribution in [3.63, 3.8) is 0 Å². The fraction of sp³-hybridized carbons (Fsp3) is 0.429. The number of nitrogens with two attached hydrogens (primary N) is 1. The summed E-state index contributed by atoms with van der Waals surface area (Å²) in [6, 6.07) is 4.69. The van der Waals surface area contributed by atoms with Gasteiger partial charge in [0, 0.05) is 11.6 Å². The van der Waals surface area contributed by atoms with Gasteiger partial charge in [-0.05, 0) is 47.0 Å². The molecule has 0 aromatic heterocycles. The van der Waals surface area contributed by atoms with E-state index in [1.54, 1.807) is 12.1 Å². The molecule has 2 rings (SSSR count). The van der Waals surface area contributed by atoms with E-state index < -0.39 is 5.91 Å². The monoisotopic (exact) mass is 340 g/mol. The fourth-order valence-electron chi connectivity index (χ4n) is 2.56. The zero-order valence-corrected chi connectivity index (χ0v) is 12.6. The second kappa shape index (κ2) is 6.26. The molecule has 1 aliphatic rings. The molecular weight excluding hydrogens is 324 g/mol. The number of halogens is 1. The first-order chi connectivity index (χ1) is 9.49. The van der Waals surface area contributed by atoms with E-state index in [0.29, 0.717) is 10.0 Å². The van der Waals surface area contributed by atoms with Crippen LogP contribution in [0.1, 0.15) is 36.0 Å². The lowest BCUT2D eigenvalue weighted by Gasteiger charge is -2.28. The van der Waals surface area contributed by atoms with Crippen LogP contribution in [0.5, 0.6) is 5.75 Å². The Hall–Kier alpha value is -1.56.